The maximum absolute atomic E-state index is 5.72. The number of morpholine rings is 1. The summed E-state index contributed by atoms with van der Waals surface area (Å²) in [6.07, 6.45) is 4.55. The van der Waals surface area contributed by atoms with Gasteiger partial charge in [0.25, 0.3) is 0 Å². The van der Waals surface area contributed by atoms with Crippen LogP contribution in [0.1, 0.15) is 40.0 Å². The average molecular weight is 228 g/mol. The Labute approximate surface area is 100 Å². The van der Waals surface area contributed by atoms with Crippen molar-refractivity contribution in [2.24, 2.45) is 11.7 Å². The fourth-order valence-electron chi connectivity index (χ4n) is 2.56. The lowest BCUT2D eigenvalue weighted by molar-refractivity contribution is -0.0683. The Kier molecular flexibility index (Phi) is 6.32. The smallest absolute Gasteiger partial charge is 0.0678 e. The zero-order valence-electron chi connectivity index (χ0n) is 11.1. The molecular formula is C13H28N2O. The highest BCUT2D eigenvalue weighted by molar-refractivity contribution is 4.73. The van der Waals surface area contributed by atoms with Gasteiger partial charge < -0.3 is 10.5 Å². The molecule has 0 spiro atoms. The standard InChI is InChI=1S/C13H28N2O/c1-11(6-7-14)5-4-8-15-9-12(2)16-13(3)10-15/h11-13H,4-10,14H2,1-3H3. The first-order valence-corrected chi connectivity index (χ1v) is 6.69. The molecule has 0 bridgehead atoms. The van der Waals surface area contributed by atoms with E-state index in [0.29, 0.717) is 12.2 Å². The molecule has 1 fully saturated rings. The fourth-order valence-corrected chi connectivity index (χ4v) is 2.56. The molecule has 3 nitrogen and oxygen atoms in total. The van der Waals surface area contributed by atoms with Crippen LogP contribution in [0.5, 0.6) is 0 Å². The highest BCUT2D eigenvalue weighted by atomic mass is 16.5. The fraction of sp³-hybridized carbons (Fsp3) is 1.00. The summed E-state index contributed by atoms with van der Waals surface area (Å²) in [7, 11) is 0. The summed E-state index contributed by atoms with van der Waals surface area (Å²) in [5.74, 6) is 0.779. The number of hydrogen-bond donors (Lipinski definition) is 1. The molecule has 96 valence electrons. The molecule has 0 radical (unpaired) electrons. The van der Waals surface area contributed by atoms with Crippen molar-refractivity contribution in [3.8, 4) is 0 Å². The topological polar surface area (TPSA) is 38.5 Å². The van der Waals surface area contributed by atoms with Gasteiger partial charge in [-0.15, -0.1) is 0 Å². The van der Waals surface area contributed by atoms with Crippen molar-refractivity contribution in [1.29, 1.82) is 0 Å². The van der Waals surface area contributed by atoms with E-state index in [1.54, 1.807) is 0 Å². The maximum atomic E-state index is 5.72. The van der Waals surface area contributed by atoms with Crippen LogP contribution in [0.2, 0.25) is 0 Å². The molecule has 0 aromatic carbocycles. The molecule has 1 aliphatic heterocycles. The molecule has 1 saturated heterocycles. The number of ether oxygens (including phenoxy) is 1. The monoisotopic (exact) mass is 228 g/mol. The highest BCUT2D eigenvalue weighted by Crippen LogP contribution is 2.14. The van der Waals surface area contributed by atoms with Crippen LogP contribution in [0.25, 0.3) is 0 Å². The summed E-state index contributed by atoms with van der Waals surface area (Å²) in [6.45, 7) is 10.9. The van der Waals surface area contributed by atoms with Gasteiger partial charge in [0.15, 0.2) is 0 Å². The van der Waals surface area contributed by atoms with E-state index in [0.717, 1.165) is 32.0 Å². The summed E-state index contributed by atoms with van der Waals surface area (Å²) >= 11 is 0. The SMILES string of the molecule is CC(CCN)CCCN1CC(C)OC(C)C1. The maximum Gasteiger partial charge on any atom is 0.0678 e. The van der Waals surface area contributed by atoms with E-state index < -0.39 is 0 Å². The van der Waals surface area contributed by atoms with Gasteiger partial charge in [-0.1, -0.05) is 6.92 Å². The van der Waals surface area contributed by atoms with E-state index in [9.17, 15) is 0 Å². The van der Waals surface area contributed by atoms with E-state index in [-0.39, 0.29) is 0 Å². The summed E-state index contributed by atoms with van der Waals surface area (Å²) < 4.78 is 5.72. The number of rotatable bonds is 6. The van der Waals surface area contributed by atoms with Crippen LogP contribution in [0.4, 0.5) is 0 Å². The molecular weight excluding hydrogens is 200 g/mol. The van der Waals surface area contributed by atoms with Crippen LogP contribution in [-0.2, 0) is 4.74 Å². The first-order chi connectivity index (χ1) is 7.61. The molecule has 0 saturated carbocycles. The van der Waals surface area contributed by atoms with Crippen LogP contribution < -0.4 is 5.73 Å². The van der Waals surface area contributed by atoms with Gasteiger partial charge in [0.1, 0.15) is 0 Å². The summed E-state index contributed by atoms with van der Waals surface area (Å²) in [5, 5.41) is 0. The van der Waals surface area contributed by atoms with E-state index >= 15 is 0 Å². The lowest BCUT2D eigenvalue weighted by Gasteiger charge is -2.35. The lowest BCUT2D eigenvalue weighted by Crippen LogP contribution is -2.45. The molecule has 0 amide bonds. The predicted octanol–water partition coefficient (Wildman–Crippen LogP) is 1.86. The normalized spacial score (nSPS) is 29.2. The third-order valence-electron chi connectivity index (χ3n) is 3.33. The van der Waals surface area contributed by atoms with Gasteiger partial charge in [-0.25, -0.2) is 0 Å². The van der Waals surface area contributed by atoms with Gasteiger partial charge in [-0.3, -0.25) is 4.90 Å². The highest BCUT2D eigenvalue weighted by Gasteiger charge is 2.21. The Bertz CT molecular complexity index is 177. The molecule has 0 aliphatic carbocycles. The second-order valence-electron chi connectivity index (χ2n) is 5.34. The molecule has 16 heavy (non-hydrogen) atoms. The number of nitrogens with zero attached hydrogens (tertiary/aromatic N) is 1. The van der Waals surface area contributed by atoms with Crippen LogP contribution >= 0.6 is 0 Å². The van der Waals surface area contributed by atoms with Gasteiger partial charge in [-0.2, -0.15) is 0 Å². The van der Waals surface area contributed by atoms with Crippen LogP contribution in [0.15, 0.2) is 0 Å². The number of hydrogen-bond acceptors (Lipinski definition) is 3. The quantitative estimate of drug-likeness (QED) is 0.754. The Morgan fingerprint density at radius 1 is 1.25 bits per heavy atom. The predicted molar refractivity (Wildman–Crippen MR) is 68.5 cm³/mol. The Morgan fingerprint density at radius 2 is 1.88 bits per heavy atom. The van der Waals surface area contributed by atoms with Gasteiger partial charge in [-0.05, 0) is 52.1 Å². The summed E-state index contributed by atoms with van der Waals surface area (Å²) in [5.41, 5.74) is 5.55. The molecule has 2 N–H and O–H groups in total. The van der Waals surface area contributed by atoms with E-state index in [2.05, 4.69) is 25.7 Å². The van der Waals surface area contributed by atoms with E-state index in [1.807, 2.05) is 0 Å². The van der Waals surface area contributed by atoms with E-state index in [4.69, 9.17) is 10.5 Å². The third kappa shape index (κ3) is 5.28. The third-order valence-corrected chi connectivity index (χ3v) is 3.33. The molecule has 1 heterocycles. The van der Waals surface area contributed by atoms with Crippen molar-refractivity contribution in [2.75, 3.05) is 26.2 Å². The Hall–Kier alpha value is -0.120. The Balaban J connectivity index is 2.12. The lowest BCUT2D eigenvalue weighted by atomic mass is 10.0. The first kappa shape index (κ1) is 13.9. The second-order valence-corrected chi connectivity index (χ2v) is 5.34. The van der Waals surface area contributed by atoms with Gasteiger partial charge in [0.05, 0.1) is 12.2 Å². The summed E-state index contributed by atoms with van der Waals surface area (Å²) in [6, 6.07) is 0. The van der Waals surface area contributed by atoms with Crippen molar-refractivity contribution in [3.05, 3.63) is 0 Å². The molecule has 3 atom stereocenters. The van der Waals surface area contributed by atoms with Gasteiger partial charge in [0, 0.05) is 13.1 Å². The van der Waals surface area contributed by atoms with Gasteiger partial charge in [0.2, 0.25) is 0 Å². The van der Waals surface area contributed by atoms with Crippen molar-refractivity contribution in [2.45, 2.75) is 52.2 Å². The minimum absolute atomic E-state index is 0.394. The minimum atomic E-state index is 0.394. The van der Waals surface area contributed by atoms with Crippen molar-refractivity contribution < 1.29 is 4.74 Å². The number of nitrogens with two attached hydrogens (primary N) is 1. The van der Waals surface area contributed by atoms with Crippen molar-refractivity contribution in [1.82, 2.24) is 4.90 Å². The second kappa shape index (κ2) is 7.25. The zero-order valence-corrected chi connectivity index (χ0v) is 11.1. The van der Waals surface area contributed by atoms with Crippen LogP contribution in [0.3, 0.4) is 0 Å². The van der Waals surface area contributed by atoms with Gasteiger partial charge >= 0.3 is 0 Å². The molecule has 3 heteroatoms. The molecule has 3 unspecified atom stereocenters. The van der Waals surface area contributed by atoms with Crippen molar-refractivity contribution in [3.63, 3.8) is 0 Å². The van der Waals surface area contributed by atoms with E-state index in [1.165, 1.54) is 19.4 Å². The largest absolute Gasteiger partial charge is 0.373 e. The zero-order chi connectivity index (χ0) is 12.0. The average Bonchev–Trinajstić information content (AvgIpc) is 2.16. The Morgan fingerprint density at radius 3 is 2.44 bits per heavy atom. The molecule has 0 aromatic rings. The van der Waals surface area contributed by atoms with Crippen LogP contribution in [-0.4, -0.2) is 43.3 Å². The molecule has 1 rings (SSSR count). The van der Waals surface area contributed by atoms with Crippen molar-refractivity contribution >= 4 is 0 Å². The molecule has 0 aromatic heterocycles. The van der Waals surface area contributed by atoms with Crippen LogP contribution in [0, 0.1) is 5.92 Å². The first-order valence-electron chi connectivity index (χ1n) is 6.69. The summed E-state index contributed by atoms with van der Waals surface area (Å²) in [4.78, 5) is 2.54. The molecule has 1 aliphatic rings. The minimum Gasteiger partial charge on any atom is -0.373 e.